The van der Waals surface area contributed by atoms with Gasteiger partial charge in [-0.25, -0.2) is 8.42 Å². The summed E-state index contributed by atoms with van der Waals surface area (Å²) in [6.07, 6.45) is 1.13. The van der Waals surface area contributed by atoms with Crippen LogP contribution in [0.1, 0.15) is 12.8 Å². The maximum atomic E-state index is 11.4. The monoisotopic (exact) mass is 294 g/mol. The van der Waals surface area contributed by atoms with E-state index in [0.29, 0.717) is 19.4 Å². The van der Waals surface area contributed by atoms with Crippen molar-refractivity contribution >= 4 is 22.2 Å². The molecular formula is C11H22N2O5S. The molecule has 1 fully saturated rings. The van der Waals surface area contributed by atoms with Crippen LogP contribution in [-0.2, 0) is 19.4 Å². The van der Waals surface area contributed by atoms with Crippen molar-refractivity contribution in [3.05, 3.63) is 0 Å². The van der Waals surface area contributed by atoms with Gasteiger partial charge in [0.1, 0.15) is 0 Å². The lowest BCUT2D eigenvalue weighted by molar-refractivity contribution is -0.129. The van der Waals surface area contributed by atoms with Crippen LogP contribution in [0.5, 0.6) is 0 Å². The molecule has 1 atom stereocenters. The Labute approximate surface area is 114 Å². The summed E-state index contributed by atoms with van der Waals surface area (Å²) in [7, 11) is 2.50. The summed E-state index contributed by atoms with van der Waals surface area (Å²) in [5.74, 6) is 0.594. The molecule has 19 heavy (non-hydrogen) atoms. The molecule has 7 nitrogen and oxygen atoms in total. The molecule has 1 N–H and O–H groups in total. The van der Waals surface area contributed by atoms with Gasteiger partial charge in [0.25, 0.3) is 6.47 Å². The molecule has 1 amide bonds. The number of carbonyl (C=O) groups is 2. The predicted octanol–water partition coefficient (Wildman–Crippen LogP) is -0.716. The van der Waals surface area contributed by atoms with Gasteiger partial charge in [-0.05, 0) is 13.5 Å². The van der Waals surface area contributed by atoms with E-state index < -0.39 is 9.84 Å². The molecule has 1 saturated heterocycles. The van der Waals surface area contributed by atoms with Crippen LogP contribution < -0.4 is 0 Å². The van der Waals surface area contributed by atoms with Gasteiger partial charge in [-0.3, -0.25) is 9.59 Å². The molecule has 0 aromatic heterocycles. The highest BCUT2D eigenvalue weighted by molar-refractivity contribution is 7.91. The molecule has 1 heterocycles. The Morgan fingerprint density at radius 1 is 1.37 bits per heavy atom. The number of sulfone groups is 1. The summed E-state index contributed by atoms with van der Waals surface area (Å²) in [6, 6.07) is 0.0833. The summed E-state index contributed by atoms with van der Waals surface area (Å²) < 4.78 is 22.6. The zero-order valence-corrected chi connectivity index (χ0v) is 12.4. The minimum atomic E-state index is -2.83. The van der Waals surface area contributed by atoms with Gasteiger partial charge in [-0.1, -0.05) is 0 Å². The lowest BCUT2D eigenvalue weighted by Gasteiger charge is -2.23. The molecule has 8 heteroatoms. The molecule has 0 saturated carbocycles. The Kier molecular flexibility index (Phi) is 7.62. The van der Waals surface area contributed by atoms with Crippen LogP contribution in [0, 0.1) is 0 Å². The van der Waals surface area contributed by atoms with Crippen LogP contribution in [0.4, 0.5) is 0 Å². The number of hydrogen-bond donors (Lipinski definition) is 1. The minimum absolute atomic E-state index is 0.0766. The summed E-state index contributed by atoms with van der Waals surface area (Å²) >= 11 is 0. The van der Waals surface area contributed by atoms with E-state index in [2.05, 4.69) is 0 Å². The lowest BCUT2D eigenvalue weighted by Crippen LogP contribution is -2.35. The van der Waals surface area contributed by atoms with E-state index in [9.17, 15) is 13.2 Å². The highest BCUT2D eigenvalue weighted by Gasteiger charge is 2.30. The van der Waals surface area contributed by atoms with Crippen molar-refractivity contribution in [3.8, 4) is 0 Å². The number of amides is 1. The van der Waals surface area contributed by atoms with E-state index in [1.54, 1.807) is 19.0 Å². The summed E-state index contributed by atoms with van der Waals surface area (Å²) in [6.45, 7) is 0.372. The van der Waals surface area contributed by atoms with Gasteiger partial charge in [0.2, 0.25) is 5.91 Å². The minimum Gasteiger partial charge on any atom is -0.483 e. The molecule has 1 aliphatic rings. The maximum absolute atomic E-state index is 11.4. The van der Waals surface area contributed by atoms with Crippen LogP contribution in [0.3, 0.4) is 0 Å². The van der Waals surface area contributed by atoms with Gasteiger partial charge in [0.05, 0.1) is 11.5 Å². The van der Waals surface area contributed by atoms with Gasteiger partial charge in [0, 0.05) is 33.1 Å². The number of carboxylic acid groups (broad SMARTS) is 1. The zero-order chi connectivity index (χ0) is 15.1. The Bertz CT molecular complexity index is 394. The predicted molar refractivity (Wildman–Crippen MR) is 71.7 cm³/mol. The third-order valence-corrected chi connectivity index (χ3v) is 4.76. The largest absolute Gasteiger partial charge is 0.483 e. The van der Waals surface area contributed by atoms with Crippen LogP contribution in [0.25, 0.3) is 0 Å². The first kappa shape index (κ1) is 17.8. The quantitative estimate of drug-likeness (QED) is 0.688. The Hall–Kier alpha value is -1.15. The molecule has 0 aromatic carbocycles. The second kappa shape index (κ2) is 8.11. The van der Waals surface area contributed by atoms with Crippen molar-refractivity contribution < 1.29 is 23.1 Å². The standard InChI is InChI=1S/C10H20N2O3S.CH2O2/c1-11(2)10(13)4-6-12(3)9-5-7-16(14,15)8-9;2-1-3/h9H,4-8H2,1-3H3;1H,(H,2,3). The van der Waals surface area contributed by atoms with Crippen LogP contribution >= 0.6 is 0 Å². The third kappa shape index (κ3) is 7.12. The molecular weight excluding hydrogens is 272 g/mol. The normalized spacial score (nSPS) is 20.5. The number of nitrogens with zero attached hydrogens (tertiary/aromatic N) is 2. The zero-order valence-electron chi connectivity index (χ0n) is 11.6. The van der Waals surface area contributed by atoms with Gasteiger partial charge >= 0.3 is 0 Å². The Balaban J connectivity index is 0.000000982. The van der Waals surface area contributed by atoms with E-state index in [1.807, 2.05) is 11.9 Å². The molecule has 0 radical (unpaired) electrons. The highest BCUT2D eigenvalue weighted by Crippen LogP contribution is 2.16. The number of hydrogen-bond acceptors (Lipinski definition) is 5. The fourth-order valence-electron chi connectivity index (χ4n) is 1.80. The van der Waals surface area contributed by atoms with Gasteiger partial charge in [0.15, 0.2) is 9.84 Å². The molecule has 1 aliphatic heterocycles. The van der Waals surface area contributed by atoms with Crippen molar-refractivity contribution in [2.24, 2.45) is 0 Å². The Morgan fingerprint density at radius 2 is 1.89 bits per heavy atom. The third-order valence-electron chi connectivity index (χ3n) is 3.01. The van der Waals surface area contributed by atoms with Crippen LogP contribution in [0.2, 0.25) is 0 Å². The molecule has 1 rings (SSSR count). The van der Waals surface area contributed by atoms with Gasteiger partial charge in [-0.2, -0.15) is 0 Å². The average molecular weight is 294 g/mol. The molecule has 0 spiro atoms. The maximum Gasteiger partial charge on any atom is 0.290 e. The van der Waals surface area contributed by atoms with Crippen molar-refractivity contribution in [3.63, 3.8) is 0 Å². The second-order valence-corrected chi connectivity index (χ2v) is 6.91. The van der Waals surface area contributed by atoms with Crippen molar-refractivity contribution in [2.75, 3.05) is 39.2 Å². The first-order chi connectivity index (χ1) is 8.73. The van der Waals surface area contributed by atoms with Crippen LogP contribution in [-0.4, -0.2) is 80.9 Å². The van der Waals surface area contributed by atoms with Crippen molar-refractivity contribution in [2.45, 2.75) is 18.9 Å². The summed E-state index contributed by atoms with van der Waals surface area (Å²) in [5.41, 5.74) is 0. The van der Waals surface area contributed by atoms with Gasteiger partial charge < -0.3 is 14.9 Å². The molecule has 0 aromatic rings. The molecule has 112 valence electrons. The number of carbonyl (C=O) groups excluding carboxylic acids is 1. The van der Waals surface area contributed by atoms with E-state index in [-0.39, 0.29) is 29.9 Å². The first-order valence-corrected chi connectivity index (χ1v) is 7.74. The number of rotatable bonds is 4. The summed E-state index contributed by atoms with van der Waals surface area (Å²) in [4.78, 5) is 23.3. The molecule has 1 unspecified atom stereocenters. The topological polar surface area (TPSA) is 95.0 Å². The van der Waals surface area contributed by atoms with E-state index in [0.717, 1.165) is 0 Å². The van der Waals surface area contributed by atoms with Crippen molar-refractivity contribution in [1.82, 2.24) is 9.80 Å². The SMILES string of the molecule is CN(C)C(=O)CCN(C)C1CCS(=O)(=O)C1.O=CO. The lowest BCUT2D eigenvalue weighted by atomic mass is 10.2. The van der Waals surface area contributed by atoms with Crippen LogP contribution in [0.15, 0.2) is 0 Å². The fourth-order valence-corrected chi connectivity index (χ4v) is 3.61. The highest BCUT2D eigenvalue weighted by atomic mass is 32.2. The second-order valence-electron chi connectivity index (χ2n) is 4.68. The van der Waals surface area contributed by atoms with Crippen molar-refractivity contribution in [1.29, 1.82) is 0 Å². The first-order valence-electron chi connectivity index (χ1n) is 5.92. The molecule has 0 bridgehead atoms. The van der Waals surface area contributed by atoms with E-state index in [1.165, 1.54) is 0 Å². The Morgan fingerprint density at radius 3 is 2.26 bits per heavy atom. The fraction of sp³-hybridized carbons (Fsp3) is 0.818. The molecule has 0 aliphatic carbocycles. The van der Waals surface area contributed by atoms with E-state index in [4.69, 9.17) is 9.90 Å². The average Bonchev–Trinajstić information content (AvgIpc) is 2.67. The van der Waals surface area contributed by atoms with Gasteiger partial charge in [-0.15, -0.1) is 0 Å². The summed E-state index contributed by atoms with van der Waals surface area (Å²) in [5, 5.41) is 6.89. The van der Waals surface area contributed by atoms with E-state index >= 15 is 0 Å². The smallest absolute Gasteiger partial charge is 0.290 e.